The van der Waals surface area contributed by atoms with E-state index in [9.17, 15) is 28.2 Å². The molecule has 1 unspecified atom stereocenters. The molecule has 1 saturated heterocycles. The summed E-state index contributed by atoms with van der Waals surface area (Å²) >= 11 is 7.42. The number of hydrogen-bond acceptors (Lipinski definition) is 6. The zero-order chi connectivity index (χ0) is 27.4. The predicted octanol–water partition coefficient (Wildman–Crippen LogP) is 6.09. The minimum atomic E-state index is -1.22. The van der Waals surface area contributed by atoms with Crippen LogP contribution in [0.1, 0.15) is 37.4 Å². The zero-order valence-corrected chi connectivity index (χ0v) is 22.3. The van der Waals surface area contributed by atoms with Crippen molar-refractivity contribution >= 4 is 40.2 Å². The van der Waals surface area contributed by atoms with Crippen molar-refractivity contribution in [3.05, 3.63) is 64.6 Å². The lowest BCUT2D eigenvalue weighted by atomic mass is 9.74. The Balaban J connectivity index is 1.37. The molecule has 0 bridgehead atoms. The van der Waals surface area contributed by atoms with Crippen molar-refractivity contribution < 1.29 is 32.9 Å². The molecule has 0 spiro atoms. The van der Waals surface area contributed by atoms with Gasteiger partial charge in [0.25, 0.3) is 0 Å². The van der Waals surface area contributed by atoms with E-state index in [4.69, 9.17) is 16.3 Å². The maximum absolute atomic E-state index is 13.9. The Labute approximate surface area is 227 Å². The molecule has 6 nitrogen and oxygen atoms in total. The molecule has 2 aromatic carbocycles. The number of likely N-dealkylation sites (tertiary alicyclic amines) is 1. The van der Waals surface area contributed by atoms with Crippen LogP contribution in [0.25, 0.3) is 10.9 Å². The van der Waals surface area contributed by atoms with Gasteiger partial charge in [-0.1, -0.05) is 11.6 Å². The molecule has 4 rings (SSSR count). The number of ether oxygens (including phenoxy) is 1. The molecular weight excluding hydrogens is 541 g/mol. The Morgan fingerprint density at radius 2 is 1.97 bits per heavy atom. The number of carbonyl (C=O) groups is 1. The summed E-state index contributed by atoms with van der Waals surface area (Å²) in [6.07, 6.45) is 1.69. The van der Waals surface area contributed by atoms with E-state index in [-0.39, 0.29) is 17.7 Å². The average Bonchev–Trinajstić information content (AvgIpc) is 2.90. The van der Waals surface area contributed by atoms with Gasteiger partial charge in [0, 0.05) is 40.4 Å². The van der Waals surface area contributed by atoms with E-state index in [1.807, 2.05) is 0 Å². The number of nitrogens with zero attached hydrogens (tertiary/aromatic N) is 2. The number of halogens is 4. The number of carboxylic acids is 1. The molecule has 2 heterocycles. The molecule has 1 fully saturated rings. The molecule has 38 heavy (non-hydrogen) atoms. The van der Waals surface area contributed by atoms with Crippen molar-refractivity contribution in [2.75, 3.05) is 32.5 Å². The smallest absolute Gasteiger partial charge is 0.309 e. The number of fused-ring (bicyclic) bond motifs is 1. The number of aliphatic hydroxyl groups is 1. The number of piperidine rings is 1. The maximum atomic E-state index is 13.9. The van der Waals surface area contributed by atoms with Gasteiger partial charge in [0.2, 0.25) is 0 Å². The molecular formula is C27H28ClF3N2O4S. The van der Waals surface area contributed by atoms with Gasteiger partial charge in [-0.15, -0.1) is 11.8 Å². The highest BCUT2D eigenvalue weighted by Crippen LogP contribution is 2.41. The summed E-state index contributed by atoms with van der Waals surface area (Å²) in [4.78, 5) is 18.6. The number of hydrogen-bond donors (Lipinski definition) is 2. The second kappa shape index (κ2) is 12.1. The Morgan fingerprint density at radius 3 is 2.66 bits per heavy atom. The molecule has 1 aromatic heterocycles. The number of rotatable bonds is 10. The van der Waals surface area contributed by atoms with E-state index < -0.39 is 34.9 Å². The van der Waals surface area contributed by atoms with Crippen molar-refractivity contribution in [1.29, 1.82) is 0 Å². The fourth-order valence-corrected chi connectivity index (χ4v) is 6.15. The van der Waals surface area contributed by atoms with Gasteiger partial charge in [0.15, 0.2) is 11.6 Å². The third-order valence-electron chi connectivity index (χ3n) is 7.19. The number of aliphatic carboxylic acids is 1. The first kappa shape index (κ1) is 28.5. The van der Waals surface area contributed by atoms with E-state index in [2.05, 4.69) is 9.88 Å². The number of thioether (sulfide) groups is 1. The topological polar surface area (TPSA) is 82.9 Å². The van der Waals surface area contributed by atoms with Crippen LogP contribution in [-0.2, 0) is 4.79 Å². The van der Waals surface area contributed by atoms with Crippen LogP contribution < -0.4 is 4.74 Å². The Kier molecular flexibility index (Phi) is 9.07. The van der Waals surface area contributed by atoms with Crippen LogP contribution in [-0.4, -0.2) is 58.6 Å². The lowest BCUT2D eigenvalue weighted by Gasteiger charge is -2.39. The number of methoxy groups -OCH3 is 1. The molecule has 3 aromatic rings. The highest BCUT2D eigenvalue weighted by Gasteiger charge is 2.41. The first-order chi connectivity index (χ1) is 18.1. The first-order valence-electron chi connectivity index (χ1n) is 12.2. The van der Waals surface area contributed by atoms with Crippen molar-refractivity contribution in [3.63, 3.8) is 0 Å². The van der Waals surface area contributed by atoms with Crippen LogP contribution in [0.3, 0.4) is 0 Å². The van der Waals surface area contributed by atoms with Gasteiger partial charge >= 0.3 is 5.97 Å². The Bertz CT molecular complexity index is 1320. The van der Waals surface area contributed by atoms with Crippen molar-refractivity contribution in [2.45, 2.75) is 36.7 Å². The quantitative estimate of drug-likeness (QED) is 0.226. The zero-order valence-electron chi connectivity index (χ0n) is 20.7. The molecule has 0 saturated carbocycles. The highest BCUT2D eigenvalue weighted by molar-refractivity contribution is 7.99. The lowest BCUT2D eigenvalue weighted by Crippen LogP contribution is -2.45. The van der Waals surface area contributed by atoms with E-state index in [1.165, 1.54) is 13.3 Å². The monoisotopic (exact) mass is 568 g/mol. The summed E-state index contributed by atoms with van der Waals surface area (Å²) in [7, 11) is 1.54. The molecule has 1 atom stereocenters. The molecule has 11 heteroatoms. The normalized spacial score (nSPS) is 16.5. The van der Waals surface area contributed by atoms with Gasteiger partial charge < -0.3 is 19.8 Å². The van der Waals surface area contributed by atoms with Crippen molar-refractivity contribution in [2.24, 2.45) is 5.41 Å². The molecule has 0 radical (unpaired) electrons. The third-order valence-corrected chi connectivity index (χ3v) is 8.49. The van der Waals surface area contributed by atoms with Crippen LogP contribution in [0.2, 0.25) is 5.02 Å². The average molecular weight is 569 g/mol. The van der Waals surface area contributed by atoms with Crippen LogP contribution in [0, 0.1) is 22.9 Å². The number of carboxylic acid groups (broad SMARTS) is 1. The van der Waals surface area contributed by atoms with Crippen LogP contribution in [0.15, 0.2) is 41.4 Å². The van der Waals surface area contributed by atoms with Gasteiger partial charge in [0.05, 0.1) is 29.2 Å². The van der Waals surface area contributed by atoms with Gasteiger partial charge in [-0.25, -0.2) is 13.2 Å². The van der Waals surface area contributed by atoms with E-state index in [0.717, 1.165) is 17.8 Å². The first-order valence-corrected chi connectivity index (χ1v) is 13.5. The number of pyridine rings is 1. The summed E-state index contributed by atoms with van der Waals surface area (Å²) in [5.74, 6) is -3.05. The van der Waals surface area contributed by atoms with Crippen LogP contribution in [0.4, 0.5) is 13.2 Å². The van der Waals surface area contributed by atoms with E-state index in [0.29, 0.717) is 71.5 Å². The van der Waals surface area contributed by atoms with Gasteiger partial charge in [-0.05, 0) is 63.0 Å². The third kappa shape index (κ3) is 6.20. The summed E-state index contributed by atoms with van der Waals surface area (Å²) in [6.45, 7) is 1.51. The molecule has 0 amide bonds. The van der Waals surface area contributed by atoms with Gasteiger partial charge in [0.1, 0.15) is 11.6 Å². The molecule has 1 aliphatic rings. The number of aliphatic hydroxyl groups excluding tert-OH is 1. The second-order valence-corrected chi connectivity index (χ2v) is 11.0. The largest absolute Gasteiger partial charge is 0.497 e. The summed E-state index contributed by atoms with van der Waals surface area (Å²) < 4.78 is 46.0. The predicted molar refractivity (Wildman–Crippen MR) is 140 cm³/mol. The van der Waals surface area contributed by atoms with Crippen LogP contribution in [0.5, 0.6) is 5.75 Å². The fourth-order valence-electron chi connectivity index (χ4n) is 4.89. The standard InChI is InChI=1S/C27H28ClF3N2O4S/c1-37-17-2-3-21-18(14-17)24(19(28)15-32-21)22(34)4-5-27(26(35)36)6-8-33(9-7-27)10-11-38-23-13-16(29)12-20(30)25(23)31/h2-3,12-15,22,34H,4-11H2,1H3,(H,35,36). The Morgan fingerprint density at radius 1 is 1.24 bits per heavy atom. The number of benzene rings is 2. The summed E-state index contributed by atoms with van der Waals surface area (Å²) in [6, 6.07) is 6.76. The van der Waals surface area contributed by atoms with E-state index in [1.54, 1.807) is 18.2 Å². The summed E-state index contributed by atoms with van der Waals surface area (Å²) in [5.41, 5.74) is 0.130. The highest BCUT2D eigenvalue weighted by atomic mass is 35.5. The van der Waals surface area contributed by atoms with E-state index >= 15 is 0 Å². The van der Waals surface area contributed by atoms with Crippen LogP contribution >= 0.6 is 23.4 Å². The minimum absolute atomic E-state index is 0.0895. The van der Waals surface area contributed by atoms with Crippen molar-refractivity contribution in [3.8, 4) is 5.75 Å². The minimum Gasteiger partial charge on any atom is -0.497 e. The molecule has 1 aliphatic heterocycles. The molecule has 204 valence electrons. The van der Waals surface area contributed by atoms with Gasteiger partial charge in [-0.2, -0.15) is 0 Å². The fraction of sp³-hybridized carbons (Fsp3) is 0.407. The second-order valence-electron chi connectivity index (χ2n) is 9.43. The lowest BCUT2D eigenvalue weighted by molar-refractivity contribution is -0.153. The summed E-state index contributed by atoms with van der Waals surface area (Å²) in [5, 5.41) is 22.1. The molecule has 0 aliphatic carbocycles. The molecule has 2 N–H and O–H groups in total. The van der Waals surface area contributed by atoms with Crippen molar-refractivity contribution in [1.82, 2.24) is 9.88 Å². The van der Waals surface area contributed by atoms with Gasteiger partial charge in [-0.3, -0.25) is 9.78 Å². The number of aromatic nitrogens is 1. The SMILES string of the molecule is COc1ccc2ncc(Cl)c(C(O)CCC3(C(=O)O)CCN(CCSc4cc(F)cc(F)c4F)CC3)c2c1. The Hall–Kier alpha value is -2.53. The maximum Gasteiger partial charge on any atom is 0.309 e.